The third kappa shape index (κ3) is 2.99. The number of hydrogen-bond donors (Lipinski definition) is 1. The van der Waals surface area contributed by atoms with Crippen molar-refractivity contribution in [1.82, 2.24) is 4.57 Å². The second-order valence-electron chi connectivity index (χ2n) is 3.45. The number of nitriles is 1. The summed E-state index contributed by atoms with van der Waals surface area (Å²) in [5.74, 6) is -1.19. The number of rotatable bonds is 5. The van der Waals surface area contributed by atoms with Crippen LogP contribution in [0.2, 0.25) is 0 Å². The molecule has 0 unspecified atom stereocenters. The molecule has 1 rings (SSSR count). The molecule has 0 radical (unpaired) electrons. The van der Waals surface area contributed by atoms with Gasteiger partial charge in [0.2, 0.25) is 0 Å². The lowest BCUT2D eigenvalue weighted by Crippen LogP contribution is -2.01. The summed E-state index contributed by atoms with van der Waals surface area (Å²) in [6, 6.07) is 5.32. The number of hydrogen-bond acceptors (Lipinski definition) is 2. The van der Waals surface area contributed by atoms with Crippen LogP contribution in [0.1, 0.15) is 25.5 Å². The molecular formula is C12H14N2O2. The molecule has 1 aromatic rings. The Morgan fingerprint density at radius 1 is 1.69 bits per heavy atom. The van der Waals surface area contributed by atoms with E-state index in [9.17, 15) is 4.79 Å². The molecule has 0 aromatic carbocycles. The summed E-state index contributed by atoms with van der Waals surface area (Å²) >= 11 is 0. The van der Waals surface area contributed by atoms with Crippen molar-refractivity contribution in [2.75, 3.05) is 0 Å². The third-order valence-corrected chi connectivity index (χ3v) is 2.26. The molecule has 4 heteroatoms. The molecule has 0 bridgehead atoms. The lowest BCUT2D eigenvalue weighted by atomic mass is 10.2. The molecule has 0 aliphatic rings. The van der Waals surface area contributed by atoms with E-state index in [2.05, 4.69) is 6.92 Å². The van der Waals surface area contributed by atoms with E-state index in [4.69, 9.17) is 10.4 Å². The summed E-state index contributed by atoms with van der Waals surface area (Å²) in [6.07, 6.45) is 5.40. The van der Waals surface area contributed by atoms with Crippen molar-refractivity contribution in [2.45, 2.75) is 26.3 Å². The Labute approximate surface area is 94.4 Å². The zero-order chi connectivity index (χ0) is 12.0. The third-order valence-electron chi connectivity index (χ3n) is 2.26. The second kappa shape index (κ2) is 5.76. The van der Waals surface area contributed by atoms with Crippen molar-refractivity contribution in [3.63, 3.8) is 0 Å². The lowest BCUT2D eigenvalue weighted by Gasteiger charge is -2.04. The minimum atomic E-state index is -1.19. The first-order chi connectivity index (χ1) is 7.69. The van der Waals surface area contributed by atoms with Crippen LogP contribution in [-0.4, -0.2) is 15.6 Å². The Hall–Kier alpha value is -2.02. The van der Waals surface area contributed by atoms with E-state index < -0.39 is 5.97 Å². The summed E-state index contributed by atoms with van der Waals surface area (Å²) in [5.41, 5.74) is 0.517. The van der Waals surface area contributed by atoms with Crippen LogP contribution in [0.25, 0.3) is 6.08 Å². The normalized spacial score (nSPS) is 11.1. The molecule has 4 nitrogen and oxygen atoms in total. The summed E-state index contributed by atoms with van der Waals surface area (Å²) in [7, 11) is 0. The standard InChI is InChI=1S/C12H14N2O2/c1-2-3-6-14-7-4-5-11(14)8-10(9-13)12(15)16/h4-5,7-8H,2-3,6H2,1H3,(H,15,16). The van der Waals surface area contributed by atoms with Crippen LogP contribution in [0.3, 0.4) is 0 Å². The molecule has 1 aromatic heterocycles. The first-order valence-electron chi connectivity index (χ1n) is 5.19. The van der Waals surface area contributed by atoms with Crippen LogP contribution >= 0.6 is 0 Å². The Balaban J connectivity index is 2.92. The molecule has 0 saturated carbocycles. The quantitative estimate of drug-likeness (QED) is 0.609. The van der Waals surface area contributed by atoms with Crippen LogP contribution in [-0.2, 0) is 11.3 Å². The van der Waals surface area contributed by atoms with Gasteiger partial charge in [-0.1, -0.05) is 13.3 Å². The molecule has 16 heavy (non-hydrogen) atoms. The zero-order valence-corrected chi connectivity index (χ0v) is 9.18. The number of aliphatic carboxylic acids is 1. The van der Waals surface area contributed by atoms with Gasteiger partial charge in [-0.25, -0.2) is 4.79 Å². The number of carboxylic acid groups (broad SMARTS) is 1. The summed E-state index contributed by atoms with van der Waals surface area (Å²) in [4.78, 5) is 10.7. The van der Waals surface area contributed by atoms with Crippen molar-refractivity contribution in [1.29, 1.82) is 5.26 Å². The fraction of sp³-hybridized carbons (Fsp3) is 0.333. The van der Waals surface area contributed by atoms with Crippen LogP contribution in [0, 0.1) is 11.3 Å². The lowest BCUT2D eigenvalue weighted by molar-refractivity contribution is -0.132. The first kappa shape index (κ1) is 12.1. The van der Waals surface area contributed by atoms with Gasteiger partial charge in [0.1, 0.15) is 11.6 Å². The topological polar surface area (TPSA) is 66.0 Å². The average Bonchev–Trinajstić information content (AvgIpc) is 2.69. The number of aromatic nitrogens is 1. The predicted octanol–water partition coefficient (Wildman–Crippen LogP) is 2.28. The van der Waals surface area contributed by atoms with Crippen LogP contribution in [0.5, 0.6) is 0 Å². The van der Waals surface area contributed by atoms with E-state index in [1.807, 2.05) is 16.8 Å². The van der Waals surface area contributed by atoms with E-state index in [0.717, 1.165) is 25.1 Å². The molecule has 0 aliphatic carbocycles. The van der Waals surface area contributed by atoms with Gasteiger partial charge >= 0.3 is 5.97 Å². The number of carboxylic acids is 1. The second-order valence-corrected chi connectivity index (χ2v) is 3.45. The smallest absolute Gasteiger partial charge is 0.346 e. The Morgan fingerprint density at radius 3 is 3.00 bits per heavy atom. The van der Waals surface area contributed by atoms with Crippen molar-refractivity contribution >= 4 is 12.0 Å². The molecule has 0 atom stereocenters. The highest BCUT2D eigenvalue weighted by molar-refractivity contribution is 5.96. The predicted molar refractivity (Wildman–Crippen MR) is 60.6 cm³/mol. The summed E-state index contributed by atoms with van der Waals surface area (Å²) < 4.78 is 1.95. The van der Waals surface area contributed by atoms with Crippen molar-refractivity contribution in [3.05, 3.63) is 29.6 Å². The van der Waals surface area contributed by atoms with Crippen molar-refractivity contribution in [3.8, 4) is 6.07 Å². The Kier molecular flexibility index (Phi) is 4.34. The summed E-state index contributed by atoms with van der Waals surface area (Å²) in [5, 5.41) is 17.4. The molecule has 0 fully saturated rings. The average molecular weight is 218 g/mol. The van der Waals surface area contributed by atoms with Crippen LogP contribution < -0.4 is 0 Å². The van der Waals surface area contributed by atoms with E-state index in [1.165, 1.54) is 6.08 Å². The Morgan fingerprint density at radius 2 is 2.44 bits per heavy atom. The molecule has 0 amide bonds. The summed E-state index contributed by atoms with van der Waals surface area (Å²) in [6.45, 7) is 2.94. The first-order valence-corrected chi connectivity index (χ1v) is 5.19. The highest BCUT2D eigenvalue weighted by atomic mass is 16.4. The highest BCUT2D eigenvalue weighted by Crippen LogP contribution is 2.09. The van der Waals surface area contributed by atoms with E-state index in [1.54, 1.807) is 12.1 Å². The van der Waals surface area contributed by atoms with Gasteiger partial charge in [0.05, 0.1) is 0 Å². The highest BCUT2D eigenvalue weighted by Gasteiger charge is 2.07. The Bertz CT molecular complexity index is 438. The fourth-order valence-corrected chi connectivity index (χ4v) is 1.38. The van der Waals surface area contributed by atoms with Gasteiger partial charge in [-0.2, -0.15) is 5.26 Å². The van der Waals surface area contributed by atoms with Gasteiger partial charge in [-0.15, -0.1) is 0 Å². The fourth-order valence-electron chi connectivity index (χ4n) is 1.38. The molecule has 0 spiro atoms. The molecule has 0 aliphatic heterocycles. The van der Waals surface area contributed by atoms with Gasteiger partial charge < -0.3 is 9.67 Å². The molecule has 1 N–H and O–H groups in total. The number of unbranched alkanes of at least 4 members (excludes halogenated alkanes) is 1. The SMILES string of the molecule is CCCCn1cccc1C=C(C#N)C(=O)O. The van der Waals surface area contributed by atoms with Gasteiger partial charge in [0, 0.05) is 18.4 Å². The minimum Gasteiger partial charge on any atom is -0.477 e. The number of nitrogens with zero attached hydrogens (tertiary/aromatic N) is 2. The van der Waals surface area contributed by atoms with Gasteiger partial charge in [-0.05, 0) is 24.6 Å². The van der Waals surface area contributed by atoms with E-state index in [0.29, 0.717) is 0 Å². The van der Waals surface area contributed by atoms with Crippen molar-refractivity contribution in [2.24, 2.45) is 0 Å². The van der Waals surface area contributed by atoms with Gasteiger partial charge in [-0.3, -0.25) is 0 Å². The van der Waals surface area contributed by atoms with Crippen LogP contribution in [0.4, 0.5) is 0 Å². The maximum atomic E-state index is 10.7. The van der Waals surface area contributed by atoms with Crippen molar-refractivity contribution < 1.29 is 9.90 Å². The maximum absolute atomic E-state index is 10.7. The van der Waals surface area contributed by atoms with Gasteiger partial charge in [0.15, 0.2) is 0 Å². The minimum absolute atomic E-state index is 0.239. The largest absolute Gasteiger partial charge is 0.477 e. The van der Waals surface area contributed by atoms with E-state index in [-0.39, 0.29) is 5.57 Å². The number of aryl methyl sites for hydroxylation is 1. The molecule has 84 valence electrons. The monoisotopic (exact) mass is 218 g/mol. The van der Waals surface area contributed by atoms with Gasteiger partial charge in [0.25, 0.3) is 0 Å². The molecule has 0 saturated heterocycles. The zero-order valence-electron chi connectivity index (χ0n) is 9.18. The maximum Gasteiger partial charge on any atom is 0.346 e. The molecule has 1 heterocycles. The van der Waals surface area contributed by atoms with Crippen LogP contribution in [0.15, 0.2) is 23.9 Å². The molecular weight excluding hydrogens is 204 g/mol. The van der Waals surface area contributed by atoms with E-state index >= 15 is 0 Å². The number of carbonyl (C=O) groups is 1.